The minimum atomic E-state index is -0.866. The second-order valence-corrected chi connectivity index (χ2v) is 6.16. The number of carboxylic acids is 1. The quantitative estimate of drug-likeness (QED) is 0.879. The first kappa shape index (κ1) is 15.8. The number of rotatable bonds is 5. The molecule has 1 aliphatic rings. The van der Waals surface area contributed by atoms with E-state index < -0.39 is 17.8 Å². The van der Waals surface area contributed by atoms with Crippen LogP contribution in [0.4, 0.5) is 0 Å². The second-order valence-electron chi connectivity index (χ2n) is 5.73. The van der Waals surface area contributed by atoms with Crippen molar-refractivity contribution in [3.8, 4) is 0 Å². The minimum Gasteiger partial charge on any atom is -0.481 e. The molecule has 1 amide bonds. The lowest BCUT2D eigenvalue weighted by Gasteiger charge is -2.20. The summed E-state index contributed by atoms with van der Waals surface area (Å²) >= 11 is 5.94. The Hall–Kier alpha value is -1.55. The summed E-state index contributed by atoms with van der Waals surface area (Å²) in [5, 5.41) is 12.7. The Balaban J connectivity index is 1.91. The number of hydrogen-bond acceptors (Lipinski definition) is 2. The molecule has 114 valence electrons. The number of nitrogens with one attached hydrogen (secondary N) is 1. The average molecular weight is 310 g/mol. The summed E-state index contributed by atoms with van der Waals surface area (Å²) in [7, 11) is 0. The third kappa shape index (κ3) is 4.21. The molecular formula is C16H20ClNO3. The largest absolute Gasteiger partial charge is 0.481 e. The number of carbonyl (C=O) groups excluding carboxylic acids is 1. The highest BCUT2D eigenvalue weighted by Crippen LogP contribution is 2.32. The normalized spacial score (nSPS) is 22.8. The van der Waals surface area contributed by atoms with E-state index in [-0.39, 0.29) is 11.9 Å². The molecule has 1 unspecified atom stereocenters. The molecule has 1 saturated carbocycles. The second kappa shape index (κ2) is 6.94. The van der Waals surface area contributed by atoms with Crippen LogP contribution in [0.25, 0.3) is 0 Å². The van der Waals surface area contributed by atoms with E-state index in [2.05, 4.69) is 5.32 Å². The van der Waals surface area contributed by atoms with Gasteiger partial charge in [0.1, 0.15) is 0 Å². The number of amides is 1. The van der Waals surface area contributed by atoms with Crippen molar-refractivity contribution < 1.29 is 14.7 Å². The SMILES string of the molecule is CC(Cc1cccc(Cl)c1)NC(=O)[C@@H]1CCC[C@@H]1C(=O)O. The molecule has 1 aliphatic carbocycles. The van der Waals surface area contributed by atoms with Gasteiger partial charge in [-0.1, -0.05) is 30.2 Å². The van der Waals surface area contributed by atoms with Gasteiger partial charge in [0.15, 0.2) is 0 Å². The monoisotopic (exact) mass is 309 g/mol. The van der Waals surface area contributed by atoms with Gasteiger partial charge < -0.3 is 10.4 Å². The molecule has 1 fully saturated rings. The van der Waals surface area contributed by atoms with Crippen LogP contribution in [0.1, 0.15) is 31.7 Å². The summed E-state index contributed by atoms with van der Waals surface area (Å²) in [4.78, 5) is 23.4. The highest BCUT2D eigenvalue weighted by atomic mass is 35.5. The topological polar surface area (TPSA) is 66.4 Å². The summed E-state index contributed by atoms with van der Waals surface area (Å²) in [6.45, 7) is 1.92. The lowest BCUT2D eigenvalue weighted by molar-refractivity contribution is -0.146. The van der Waals surface area contributed by atoms with E-state index in [1.807, 2.05) is 31.2 Å². The van der Waals surface area contributed by atoms with Crippen LogP contribution in [0.15, 0.2) is 24.3 Å². The van der Waals surface area contributed by atoms with Gasteiger partial charge in [-0.05, 0) is 43.9 Å². The molecule has 0 aliphatic heterocycles. The summed E-state index contributed by atoms with van der Waals surface area (Å²) in [5.74, 6) is -1.95. The first-order valence-corrected chi connectivity index (χ1v) is 7.63. The molecule has 5 heteroatoms. The Morgan fingerprint density at radius 1 is 1.38 bits per heavy atom. The van der Waals surface area contributed by atoms with Crippen LogP contribution in [0.5, 0.6) is 0 Å². The van der Waals surface area contributed by atoms with Gasteiger partial charge >= 0.3 is 5.97 Å². The van der Waals surface area contributed by atoms with Crippen molar-refractivity contribution in [2.24, 2.45) is 11.8 Å². The number of hydrogen-bond donors (Lipinski definition) is 2. The zero-order valence-electron chi connectivity index (χ0n) is 12.0. The molecule has 0 heterocycles. The molecule has 1 aromatic rings. The number of aliphatic carboxylic acids is 1. The molecule has 4 nitrogen and oxygen atoms in total. The average Bonchev–Trinajstić information content (AvgIpc) is 2.87. The van der Waals surface area contributed by atoms with Crippen molar-refractivity contribution in [3.05, 3.63) is 34.9 Å². The first-order chi connectivity index (χ1) is 9.97. The Kier molecular flexibility index (Phi) is 5.23. The summed E-state index contributed by atoms with van der Waals surface area (Å²) in [6.07, 6.45) is 2.73. The fourth-order valence-corrected chi connectivity index (χ4v) is 3.20. The Bertz CT molecular complexity index is 532. The third-order valence-corrected chi connectivity index (χ3v) is 4.22. The van der Waals surface area contributed by atoms with Gasteiger partial charge in [-0.2, -0.15) is 0 Å². The molecule has 3 atom stereocenters. The molecule has 0 saturated heterocycles. The van der Waals surface area contributed by atoms with Gasteiger partial charge in [0.05, 0.1) is 11.8 Å². The molecule has 0 bridgehead atoms. The van der Waals surface area contributed by atoms with Crippen LogP contribution < -0.4 is 5.32 Å². The predicted molar refractivity (Wildman–Crippen MR) is 81.2 cm³/mol. The van der Waals surface area contributed by atoms with Crippen molar-refractivity contribution in [1.29, 1.82) is 0 Å². The van der Waals surface area contributed by atoms with E-state index >= 15 is 0 Å². The summed E-state index contributed by atoms with van der Waals surface area (Å²) < 4.78 is 0. The van der Waals surface area contributed by atoms with E-state index in [0.717, 1.165) is 12.0 Å². The molecular weight excluding hydrogens is 290 g/mol. The molecule has 0 spiro atoms. The fraction of sp³-hybridized carbons (Fsp3) is 0.500. The van der Waals surface area contributed by atoms with Crippen LogP contribution >= 0.6 is 11.6 Å². The van der Waals surface area contributed by atoms with Crippen LogP contribution in [0.2, 0.25) is 5.02 Å². The number of carbonyl (C=O) groups is 2. The van der Waals surface area contributed by atoms with Gasteiger partial charge in [0, 0.05) is 11.1 Å². The zero-order valence-corrected chi connectivity index (χ0v) is 12.8. The minimum absolute atomic E-state index is 0.0500. The van der Waals surface area contributed by atoms with Crippen LogP contribution in [-0.2, 0) is 16.0 Å². The van der Waals surface area contributed by atoms with Crippen molar-refractivity contribution >= 4 is 23.5 Å². The first-order valence-electron chi connectivity index (χ1n) is 7.25. The third-order valence-electron chi connectivity index (χ3n) is 3.99. The van der Waals surface area contributed by atoms with Crippen molar-refractivity contribution in [2.75, 3.05) is 0 Å². The van der Waals surface area contributed by atoms with E-state index in [1.54, 1.807) is 0 Å². The predicted octanol–water partition coefficient (Wildman–Crippen LogP) is 2.89. The number of benzene rings is 1. The maximum Gasteiger partial charge on any atom is 0.307 e. The molecule has 2 N–H and O–H groups in total. The van der Waals surface area contributed by atoms with Crippen LogP contribution in [0, 0.1) is 11.8 Å². The van der Waals surface area contributed by atoms with Gasteiger partial charge in [-0.3, -0.25) is 9.59 Å². The number of carboxylic acid groups (broad SMARTS) is 1. The van der Waals surface area contributed by atoms with Crippen LogP contribution in [-0.4, -0.2) is 23.0 Å². The van der Waals surface area contributed by atoms with Crippen molar-refractivity contribution in [1.82, 2.24) is 5.32 Å². The fourth-order valence-electron chi connectivity index (χ4n) is 2.99. The highest BCUT2D eigenvalue weighted by Gasteiger charge is 2.37. The summed E-state index contributed by atoms with van der Waals surface area (Å²) in [6, 6.07) is 7.48. The summed E-state index contributed by atoms with van der Waals surface area (Å²) in [5.41, 5.74) is 1.05. The zero-order chi connectivity index (χ0) is 15.4. The molecule has 0 radical (unpaired) electrons. The van der Waals surface area contributed by atoms with Crippen LogP contribution in [0.3, 0.4) is 0 Å². The van der Waals surface area contributed by atoms with Crippen molar-refractivity contribution in [3.63, 3.8) is 0 Å². The lowest BCUT2D eigenvalue weighted by Crippen LogP contribution is -2.40. The molecule has 1 aromatic carbocycles. The maximum atomic E-state index is 12.2. The highest BCUT2D eigenvalue weighted by molar-refractivity contribution is 6.30. The number of halogens is 1. The van der Waals surface area contributed by atoms with E-state index in [0.29, 0.717) is 24.3 Å². The van der Waals surface area contributed by atoms with Gasteiger partial charge in [-0.25, -0.2) is 0 Å². The van der Waals surface area contributed by atoms with Gasteiger partial charge in [-0.15, -0.1) is 0 Å². The Morgan fingerprint density at radius 2 is 2.10 bits per heavy atom. The Labute approximate surface area is 129 Å². The van der Waals surface area contributed by atoms with Gasteiger partial charge in [0.2, 0.25) is 5.91 Å². The van der Waals surface area contributed by atoms with E-state index in [4.69, 9.17) is 16.7 Å². The molecule has 21 heavy (non-hydrogen) atoms. The smallest absolute Gasteiger partial charge is 0.307 e. The maximum absolute atomic E-state index is 12.2. The Morgan fingerprint density at radius 3 is 2.76 bits per heavy atom. The standard InChI is InChI=1S/C16H20ClNO3/c1-10(8-11-4-2-5-12(17)9-11)18-15(19)13-6-3-7-14(13)16(20)21/h2,4-5,9-10,13-14H,3,6-8H2,1H3,(H,18,19)(H,20,21)/t10?,13-,14+/m1/s1. The van der Waals surface area contributed by atoms with Crippen molar-refractivity contribution in [2.45, 2.75) is 38.6 Å². The van der Waals surface area contributed by atoms with E-state index in [9.17, 15) is 9.59 Å². The lowest BCUT2D eigenvalue weighted by atomic mass is 9.95. The molecule has 0 aromatic heterocycles. The van der Waals surface area contributed by atoms with E-state index in [1.165, 1.54) is 0 Å². The van der Waals surface area contributed by atoms with Gasteiger partial charge in [0.25, 0.3) is 0 Å². The molecule has 2 rings (SSSR count).